The van der Waals surface area contributed by atoms with Crippen LogP contribution < -0.4 is 11.1 Å². The van der Waals surface area contributed by atoms with E-state index in [0.717, 1.165) is 5.57 Å². The largest absolute Gasteiger partial charge is 0.445 e. The van der Waals surface area contributed by atoms with Gasteiger partial charge in [0.2, 0.25) is 0 Å². The van der Waals surface area contributed by atoms with Crippen molar-refractivity contribution < 1.29 is 9.53 Å². The van der Waals surface area contributed by atoms with Crippen LogP contribution in [0.15, 0.2) is 49.1 Å². The zero-order chi connectivity index (χ0) is 12.2. The van der Waals surface area contributed by atoms with Crippen LogP contribution in [0, 0.1) is 0 Å². The van der Waals surface area contributed by atoms with Crippen LogP contribution in [-0.4, -0.2) is 25.8 Å². The number of hydrogen-bond donors (Lipinski definition) is 2. The summed E-state index contributed by atoms with van der Waals surface area (Å²) in [7, 11) is 0. The number of carbonyl (C=O) groups excluding carboxylic acids is 1. The minimum absolute atomic E-state index is 0.182. The van der Waals surface area contributed by atoms with Crippen molar-refractivity contribution in [3.8, 4) is 0 Å². The van der Waals surface area contributed by atoms with Crippen LogP contribution in [0.4, 0.5) is 4.79 Å². The van der Waals surface area contributed by atoms with E-state index in [4.69, 9.17) is 10.5 Å². The van der Waals surface area contributed by atoms with Gasteiger partial charge in [0.15, 0.2) is 0 Å². The van der Waals surface area contributed by atoms with E-state index in [1.165, 1.54) is 0 Å². The molecule has 4 heteroatoms. The summed E-state index contributed by atoms with van der Waals surface area (Å²) in [6.07, 6.45) is 8.00. The summed E-state index contributed by atoms with van der Waals surface area (Å²) in [5.74, 6) is 0. The lowest BCUT2D eigenvalue weighted by Gasteiger charge is -2.05. The average Bonchev–Trinajstić information content (AvgIpc) is 2.30. The molecule has 0 saturated carbocycles. The number of ether oxygens (including phenoxy) is 1. The topological polar surface area (TPSA) is 64.3 Å². The number of rotatable bonds is 7. The van der Waals surface area contributed by atoms with Gasteiger partial charge in [-0.2, -0.15) is 0 Å². The zero-order valence-electron chi connectivity index (χ0n) is 9.32. The zero-order valence-corrected chi connectivity index (χ0v) is 9.32. The molecule has 88 valence electrons. The van der Waals surface area contributed by atoms with Crippen molar-refractivity contribution in [1.82, 2.24) is 5.32 Å². The molecule has 0 saturated heterocycles. The van der Waals surface area contributed by atoms with Gasteiger partial charge in [-0.25, -0.2) is 4.79 Å². The molecular weight excluding hydrogens is 204 g/mol. The number of nitrogens with two attached hydrogens (primary N) is 1. The minimum Gasteiger partial charge on any atom is -0.445 e. The standard InChI is InChI=1S/C12H18N2O2/c1-3-7-11(4-2)10-16-12(15)14-9-6-5-8-13/h3-7H,1-2,8-10,13H2,(H,14,15)/b6-5+,11-7+. The Balaban J connectivity index is 3.80. The second kappa shape index (κ2) is 9.73. The summed E-state index contributed by atoms with van der Waals surface area (Å²) >= 11 is 0. The smallest absolute Gasteiger partial charge is 0.407 e. The summed E-state index contributed by atoms with van der Waals surface area (Å²) in [5.41, 5.74) is 6.03. The average molecular weight is 222 g/mol. The van der Waals surface area contributed by atoms with Crippen LogP contribution in [0.1, 0.15) is 0 Å². The van der Waals surface area contributed by atoms with Gasteiger partial charge in [-0.05, 0) is 5.57 Å². The Kier molecular flexibility index (Phi) is 8.63. The van der Waals surface area contributed by atoms with E-state index in [1.54, 1.807) is 30.4 Å². The summed E-state index contributed by atoms with van der Waals surface area (Å²) in [5, 5.41) is 2.55. The van der Waals surface area contributed by atoms with Gasteiger partial charge >= 0.3 is 6.09 Å². The number of allylic oxidation sites excluding steroid dienone is 2. The first-order chi connectivity index (χ1) is 7.74. The Morgan fingerprint density at radius 1 is 1.38 bits per heavy atom. The Bertz CT molecular complexity index is 293. The molecule has 3 N–H and O–H groups in total. The molecule has 0 aromatic heterocycles. The first-order valence-corrected chi connectivity index (χ1v) is 4.94. The Hall–Kier alpha value is -1.81. The molecule has 0 unspecified atom stereocenters. The van der Waals surface area contributed by atoms with E-state index in [-0.39, 0.29) is 6.61 Å². The summed E-state index contributed by atoms with van der Waals surface area (Å²) < 4.78 is 4.93. The molecule has 4 nitrogen and oxygen atoms in total. The molecule has 0 aromatic rings. The highest BCUT2D eigenvalue weighted by atomic mass is 16.5. The molecule has 0 aliphatic carbocycles. The van der Waals surface area contributed by atoms with Crippen molar-refractivity contribution in [3.05, 3.63) is 49.1 Å². The fourth-order valence-electron chi connectivity index (χ4n) is 0.848. The van der Waals surface area contributed by atoms with Crippen molar-refractivity contribution in [2.24, 2.45) is 5.73 Å². The first kappa shape index (κ1) is 14.2. The van der Waals surface area contributed by atoms with Crippen LogP contribution in [0.25, 0.3) is 0 Å². The van der Waals surface area contributed by atoms with Crippen molar-refractivity contribution in [1.29, 1.82) is 0 Å². The third-order valence-corrected chi connectivity index (χ3v) is 1.63. The molecule has 0 aliphatic heterocycles. The van der Waals surface area contributed by atoms with Crippen molar-refractivity contribution in [2.45, 2.75) is 0 Å². The van der Waals surface area contributed by atoms with E-state index in [9.17, 15) is 4.79 Å². The van der Waals surface area contributed by atoms with Gasteiger partial charge in [0.1, 0.15) is 6.61 Å². The van der Waals surface area contributed by atoms with Crippen LogP contribution >= 0.6 is 0 Å². The lowest BCUT2D eigenvalue weighted by molar-refractivity contribution is 0.157. The van der Waals surface area contributed by atoms with E-state index >= 15 is 0 Å². The third-order valence-electron chi connectivity index (χ3n) is 1.63. The molecule has 0 bridgehead atoms. The molecule has 0 spiro atoms. The van der Waals surface area contributed by atoms with Gasteiger partial charge < -0.3 is 15.8 Å². The summed E-state index contributed by atoms with van der Waals surface area (Å²) in [6, 6.07) is 0. The SMILES string of the molecule is C=C/C=C(\C=C)COC(=O)NC/C=C/CN. The van der Waals surface area contributed by atoms with Crippen molar-refractivity contribution >= 4 is 6.09 Å². The van der Waals surface area contributed by atoms with Gasteiger partial charge in [0.05, 0.1) is 0 Å². The van der Waals surface area contributed by atoms with Crippen molar-refractivity contribution in [3.63, 3.8) is 0 Å². The highest BCUT2D eigenvalue weighted by Gasteiger charge is 1.99. The maximum Gasteiger partial charge on any atom is 0.407 e. The molecule has 16 heavy (non-hydrogen) atoms. The lowest BCUT2D eigenvalue weighted by Crippen LogP contribution is -2.25. The molecule has 0 rings (SSSR count). The predicted octanol–water partition coefficient (Wildman–Crippen LogP) is 1.53. The van der Waals surface area contributed by atoms with Gasteiger partial charge in [-0.1, -0.05) is 43.5 Å². The normalized spacial score (nSPS) is 11.2. The fraction of sp³-hybridized carbons (Fsp3) is 0.250. The molecular formula is C12H18N2O2. The van der Waals surface area contributed by atoms with Gasteiger partial charge in [0, 0.05) is 13.1 Å². The van der Waals surface area contributed by atoms with E-state index in [0.29, 0.717) is 13.1 Å². The predicted molar refractivity (Wildman–Crippen MR) is 66.0 cm³/mol. The maximum absolute atomic E-state index is 11.1. The van der Waals surface area contributed by atoms with Crippen LogP contribution in [-0.2, 0) is 4.74 Å². The van der Waals surface area contributed by atoms with E-state index in [2.05, 4.69) is 18.5 Å². The quantitative estimate of drug-likeness (QED) is 0.507. The minimum atomic E-state index is -0.474. The van der Waals surface area contributed by atoms with E-state index < -0.39 is 6.09 Å². The maximum atomic E-state index is 11.1. The number of nitrogens with one attached hydrogen (secondary N) is 1. The number of hydrogen-bond acceptors (Lipinski definition) is 3. The molecule has 0 radical (unpaired) electrons. The molecule has 0 aromatic carbocycles. The molecule has 0 atom stereocenters. The van der Waals surface area contributed by atoms with E-state index in [1.807, 2.05) is 0 Å². The fourth-order valence-corrected chi connectivity index (χ4v) is 0.848. The van der Waals surface area contributed by atoms with Gasteiger partial charge in [-0.15, -0.1) is 0 Å². The highest BCUT2D eigenvalue weighted by molar-refractivity contribution is 5.67. The van der Waals surface area contributed by atoms with Gasteiger partial charge in [0.25, 0.3) is 0 Å². The number of alkyl carbamates (subject to hydrolysis) is 1. The van der Waals surface area contributed by atoms with Crippen LogP contribution in [0.2, 0.25) is 0 Å². The third kappa shape index (κ3) is 7.58. The summed E-state index contributed by atoms with van der Waals surface area (Å²) in [6.45, 7) is 8.18. The second-order valence-corrected chi connectivity index (χ2v) is 2.85. The highest BCUT2D eigenvalue weighted by Crippen LogP contribution is 1.97. The number of amides is 1. The van der Waals surface area contributed by atoms with Crippen LogP contribution in [0.5, 0.6) is 0 Å². The van der Waals surface area contributed by atoms with Crippen molar-refractivity contribution in [2.75, 3.05) is 19.7 Å². The van der Waals surface area contributed by atoms with Gasteiger partial charge in [-0.3, -0.25) is 0 Å². The lowest BCUT2D eigenvalue weighted by atomic mass is 10.2. The summed E-state index contributed by atoms with van der Waals surface area (Å²) in [4.78, 5) is 11.1. The second-order valence-electron chi connectivity index (χ2n) is 2.85. The molecule has 0 aliphatic rings. The molecule has 1 amide bonds. The number of carbonyl (C=O) groups is 1. The first-order valence-electron chi connectivity index (χ1n) is 4.94. The van der Waals surface area contributed by atoms with Crippen LogP contribution in [0.3, 0.4) is 0 Å². The Morgan fingerprint density at radius 2 is 2.12 bits per heavy atom. The molecule has 0 fully saturated rings. The molecule has 0 heterocycles. The Labute approximate surface area is 96.2 Å². The Morgan fingerprint density at radius 3 is 2.69 bits per heavy atom. The monoisotopic (exact) mass is 222 g/mol.